The van der Waals surface area contributed by atoms with Crippen LogP contribution in [0.1, 0.15) is 20.3 Å². The highest BCUT2D eigenvalue weighted by atomic mass is 16.5. The predicted molar refractivity (Wildman–Crippen MR) is 37.6 cm³/mol. The van der Waals surface area contributed by atoms with Gasteiger partial charge in [-0.2, -0.15) is 0 Å². The fraction of sp³-hybridized carbons (Fsp3) is 0.857. The molecule has 0 unspecified atom stereocenters. The number of carbonyl (C=O) groups is 1. The van der Waals surface area contributed by atoms with Crippen molar-refractivity contribution in [2.24, 2.45) is 0 Å². The van der Waals surface area contributed by atoms with Crippen LogP contribution in [0.15, 0.2) is 0 Å². The Morgan fingerprint density at radius 1 is 1.80 bits per heavy atom. The van der Waals surface area contributed by atoms with Crippen LogP contribution in [0.3, 0.4) is 0 Å². The van der Waals surface area contributed by atoms with Gasteiger partial charge >= 0.3 is 0 Å². The van der Waals surface area contributed by atoms with E-state index in [2.05, 4.69) is 5.32 Å². The Labute approximate surface area is 60.7 Å². The van der Waals surface area contributed by atoms with Gasteiger partial charge in [-0.3, -0.25) is 4.79 Å². The molecule has 1 aliphatic rings. The van der Waals surface area contributed by atoms with Crippen LogP contribution in [-0.2, 0) is 9.53 Å². The molecular weight excluding hydrogens is 130 g/mol. The lowest BCUT2D eigenvalue weighted by molar-refractivity contribution is -0.119. The first-order chi connectivity index (χ1) is 4.58. The molecule has 1 N–H and O–H groups in total. The molecule has 10 heavy (non-hydrogen) atoms. The molecule has 0 bridgehead atoms. The van der Waals surface area contributed by atoms with Crippen LogP contribution in [0.4, 0.5) is 0 Å². The monoisotopic (exact) mass is 143 g/mol. The Morgan fingerprint density at radius 3 is 2.70 bits per heavy atom. The van der Waals surface area contributed by atoms with Crippen LogP contribution in [0, 0.1) is 0 Å². The number of ether oxygens (including phenoxy) is 1. The highest BCUT2D eigenvalue weighted by Gasteiger charge is 2.51. The minimum atomic E-state index is -0.0916. The second kappa shape index (κ2) is 2.23. The van der Waals surface area contributed by atoms with Gasteiger partial charge in [-0.05, 0) is 6.92 Å². The molecule has 0 aromatic rings. The summed E-state index contributed by atoms with van der Waals surface area (Å²) in [6.45, 7) is 3.52. The lowest BCUT2D eigenvalue weighted by atomic mass is 10.4. The van der Waals surface area contributed by atoms with Gasteiger partial charge in [0.1, 0.15) is 0 Å². The Kier molecular flexibility index (Phi) is 1.68. The maximum Gasteiger partial charge on any atom is 0.217 e. The molecule has 58 valence electrons. The Morgan fingerprint density at radius 2 is 2.40 bits per heavy atom. The summed E-state index contributed by atoms with van der Waals surface area (Å²) in [5, 5.41) is 2.79. The molecule has 0 aromatic carbocycles. The largest absolute Gasteiger partial charge is 0.376 e. The van der Waals surface area contributed by atoms with Gasteiger partial charge in [-0.15, -0.1) is 0 Å². The number of rotatable bonds is 2. The third kappa shape index (κ3) is 1.29. The zero-order valence-electron chi connectivity index (χ0n) is 6.60. The number of amides is 1. The van der Waals surface area contributed by atoms with E-state index in [0.29, 0.717) is 0 Å². The zero-order chi connectivity index (χ0) is 7.78. The van der Waals surface area contributed by atoms with Crippen molar-refractivity contribution in [1.29, 1.82) is 0 Å². The Bertz CT molecular complexity index is 158. The minimum absolute atomic E-state index is 0.0192. The van der Waals surface area contributed by atoms with E-state index in [-0.39, 0.29) is 17.6 Å². The summed E-state index contributed by atoms with van der Waals surface area (Å²) in [4.78, 5) is 10.5. The number of carbonyl (C=O) groups excluding carboxylic acids is 1. The van der Waals surface area contributed by atoms with Crippen molar-refractivity contribution >= 4 is 5.91 Å². The van der Waals surface area contributed by atoms with Crippen LogP contribution in [-0.4, -0.2) is 24.7 Å². The van der Waals surface area contributed by atoms with Gasteiger partial charge in [-0.1, -0.05) is 0 Å². The second-order valence-corrected chi connectivity index (χ2v) is 2.97. The van der Waals surface area contributed by atoms with Gasteiger partial charge < -0.3 is 10.1 Å². The fourth-order valence-electron chi connectivity index (χ4n) is 1.02. The molecule has 1 fully saturated rings. The van der Waals surface area contributed by atoms with Crippen LogP contribution >= 0.6 is 0 Å². The summed E-state index contributed by atoms with van der Waals surface area (Å²) < 4.78 is 5.15. The summed E-state index contributed by atoms with van der Waals surface area (Å²) in [7, 11) is 1.67. The molecule has 1 saturated carbocycles. The average Bonchev–Trinajstić information content (AvgIpc) is 2.43. The predicted octanol–water partition coefficient (Wildman–Crippen LogP) is 0.300. The molecule has 0 aromatic heterocycles. The first-order valence-corrected chi connectivity index (χ1v) is 3.41. The van der Waals surface area contributed by atoms with E-state index in [0.717, 1.165) is 6.42 Å². The molecule has 1 rings (SSSR count). The topological polar surface area (TPSA) is 38.3 Å². The van der Waals surface area contributed by atoms with Gasteiger partial charge in [-0.25, -0.2) is 0 Å². The number of hydrogen-bond acceptors (Lipinski definition) is 2. The molecular formula is C7H13NO2. The highest BCUT2D eigenvalue weighted by molar-refractivity contribution is 5.73. The van der Waals surface area contributed by atoms with E-state index in [1.165, 1.54) is 6.92 Å². The summed E-state index contributed by atoms with van der Waals surface area (Å²) in [5.41, 5.74) is -0.0916. The number of hydrogen-bond donors (Lipinski definition) is 1. The van der Waals surface area contributed by atoms with Gasteiger partial charge in [0.25, 0.3) is 0 Å². The Balaban J connectivity index is 2.31. The highest BCUT2D eigenvalue weighted by Crippen LogP contribution is 2.38. The van der Waals surface area contributed by atoms with E-state index in [4.69, 9.17) is 4.74 Å². The molecule has 2 atom stereocenters. The van der Waals surface area contributed by atoms with Crippen molar-refractivity contribution in [2.75, 3.05) is 7.11 Å². The third-order valence-corrected chi connectivity index (χ3v) is 2.03. The first kappa shape index (κ1) is 7.54. The summed E-state index contributed by atoms with van der Waals surface area (Å²) in [6, 6.07) is 0.231. The second-order valence-electron chi connectivity index (χ2n) is 2.97. The molecule has 1 aliphatic carbocycles. The molecule has 0 heterocycles. The lowest BCUT2D eigenvalue weighted by Crippen LogP contribution is -2.29. The summed E-state index contributed by atoms with van der Waals surface area (Å²) in [5.74, 6) is 0.0192. The van der Waals surface area contributed by atoms with E-state index < -0.39 is 0 Å². The van der Waals surface area contributed by atoms with Crippen LogP contribution in [0.2, 0.25) is 0 Å². The van der Waals surface area contributed by atoms with Crippen molar-refractivity contribution in [3.8, 4) is 0 Å². The van der Waals surface area contributed by atoms with Crippen molar-refractivity contribution in [3.63, 3.8) is 0 Å². The summed E-state index contributed by atoms with van der Waals surface area (Å²) >= 11 is 0. The average molecular weight is 143 g/mol. The van der Waals surface area contributed by atoms with Crippen molar-refractivity contribution in [2.45, 2.75) is 31.9 Å². The van der Waals surface area contributed by atoms with E-state index >= 15 is 0 Å². The maximum atomic E-state index is 10.5. The summed E-state index contributed by atoms with van der Waals surface area (Å²) in [6.07, 6.45) is 0.934. The minimum Gasteiger partial charge on any atom is -0.376 e. The molecule has 3 heteroatoms. The van der Waals surface area contributed by atoms with Crippen molar-refractivity contribution in [3.05, 3.63) is 0 Å². The van der Waals surface area contributed by atoms with Crippen LogP contribution in [0.25, 0.3) is 0 Å². The first-order valence-electron chi connectivity index (χ1n) is 3.41. The quantitative estimate of drug-likeness (QED) is 0.603. The van der Waals surface area contributed by atoms with Crippen LogP contribution < -0.4 is 5.32 Å². The normalized spacial score (nSPS) is 37.3. The van der Waals surface area contributed by atoms with Gasteiger partial charge in [0, 0.05) is 20.5 Å². The van der Waals surface area contributed by atoms with Gasteiger partial charge in [0.15, 0.2) is 0 Å². The van der Waals surface area contributed by atoms with E-state index in [1.54, 1.807) is 7.11 Å². The molecule has 0 radical (unpaired) electrons. The lowest BCUT2D eigenvalue weighted by Gasteiger charge is -2.07. The van der Waals surface area contributed by atoms with E-state index in [9.17, 15) is 4.79 Å². The maximum absolute atomic E-state index is 10.5. The molecule has 1 amide bonds. The zero-order valence-corrected chi connectivity index (χ0v) is 6.60. The fourth-order valence-corrected chi connectivity index (χ4v) is 1.02. The smallest absolute Gasteiger partial charge is 0.217 e. The Hall–Kier alpha value is -0.570. The molecule has 3 nitrogen and oxygen atoms in total. The number of nitrogens with one attached hydrogen (secondary N) is 1. The number of methoxy groups -OCH3 is 1. The van der Waals surface area contributed by atoms with Gasteiger partial charge in [0.05, 0.1) is 11.6 Å². The molecule has 0 spiro atoms. The molecule has 0 aliphatic heterocycles. The third-order valence-electron chi connectivity index (χ3n) is 2.03. The van der Waals surface area contributed by atoms with Crippen molar-refractivity contribution < 1.29 is 9.53 Å². The SMILES string of the molecule is CO[C@@]1(C)C[C@H]1NC(C)=O. The standard InChI is InChI=1S/C7H13NO2/c1-5(9)8-6-4-7(6,2)10-3/h6H,4H2,1-3H3,(H,8,9)/t6-,7+/m1/s1. The molecule has 0 saturated heterocycles. The van der Waals surface area contributed by atoms with Gasteiger partial charge in [0.2, 0.25) is 5.91 Å². The van der Waals surface area contributed by atoms with Crippen molar-refractivity contribution in [1.82, 2.24) is 5.32 Å². The van der Waals surface area contributed by atoms with Crippen LogP contribution in [0.5, 0.6) is 0 Å². The van der Waals surface area contributed by atoms with E-state index in [1.807, 2.05) is 6.92 Å².